The van der Waals surface area contributed by atoms with E-state index in [1.165, 1.54) is 27.2 Å². The molecule has 4 aromatic carbocycles. The summed E-state index contributed by atoms with van der Waals surface area (Å²) < 4.78 is 5.92. The Morgan fingerprint density at radius 2 is 1.28 bits per heavy atom. The molecular weight excluding hydrogens is 446 g/mol. The Labute approximate surface area is 210 Å². The highest BCUT2D eigenvalue weighted by Gasteiger charge is 2.68. The summed E-state index contributed by atoms with van der Waals surface area (Å²) in [5.41, 5.74) is 5.55. The Bertz CT molecular complexity index is 1460. The molecule has 2 amide bonds. The Morgan fingerprint density at radius 1 is 0.722 bits per heavy atom. The molecule has 1 saturated heterocycles. The molecule has 0 spiro atoms. The van der Waals surface area contributed by atoms with E-state index in [0.717, 1.165) is 5.56 Å². The van der Waals surface area contributed by atoms with Crippen molar-refractivity contribution in [3.8, 4) is 5.75 Å². The van der Waals surface area contributed by atoms with Gasteiger partial charge in [-0.2, -0.15) is 0 Å². The molecule has 1 fully saturated rings. The normalized spacial score (nSPS) is 25.4. The zero-order valence-corrected chi connectivity index (χ0v) is 19.9. The average molecular weight is 472 g/mol. The molecule has 2 atom stereocenters. The van der Waals surface area contributed by atoms with Crippen molar-refractivity contribution in [2.24, 2.45) is 11.3 Å². The number of imide groups is 1. The van der Waals surface area contributed by atoms with Gasteiger partial charge in [-0.1, -0.05) is 78.9 Å². The maximum Gasteiger partial charge on any atom is 0.241 e. The third-order valence-electron chi connectivity index (χ3n) is 8.36. The van der Waals surface area contributed by atoms with Gasteiger partial charge < -0.3 is 4.74 Å². The number of carbonyl (C=O) groups is 2. The van der Waals surface area contributed by atoms with Crippen molar-refractivity contribution in [2.75, 3.05) is 4.90 Å². The quantitative estimate of drug-likeness (QED) is 0.340. The van der Waals surface area contributed by atoms with E-state index in [0.29, 0.717) is 18.0 Å². The van der Waals surface area contributed by atoms with Gasteiger partial charge in [0.1, 0.15) is 12.4 Å². The largest absolute Gasteiger partial charge is 0.489 e. The van der Waals surface area contributed by atoms with Gasteiger partial charge in [0.2, 0.25) is 11.8 Å². The lowest BCUT2D eigenvalue weighted by Crippen LogP contribution is -2.49. The summed E-state index contributed by atoms with van der Waals surface area (Å²) in [4.78, 5) is 29.6. The van der Waals surface area contributed by atoms with Gasteiger partial charge in [-0.3, -0.25) is 9.59 Å². The smallest absolute Gasteiger partial charge is 0.241 e. The molecule has 0 aromatic heterocycles. The van der Waals surface area contributed by atoms with Crippen LogP contribution >= 0.6 is 0 Å². The van der Waals surface area contributed by atoms with Crippen molar-refractivity contribution >= 4 is 17.5 Å². The molecule has 4 heteroatoms. The van der Waals surface area contributed by atoms with Gasteiger partial charge in [0.25, 0.3) is 0 Å². The van der Waals surface area contributed by atoms with Gasteiger partial charge in [-0.25, -0.2) is 4.90 Å². The Hall–Kier alpha value is -4.18. The van der Waals surface area contributed by atoms with Gasteiger partial charge in [0, 0.05) is 11.8 Å². The van der Waals surface area contributed by atoms with Crippen LogP contribution in [0.15, 0.2) is 103 Å². The van der Waals surface area contributed by atoms with Gasteiger partial charge >= 0.3 is 0 Å². The van der Waals surface area contributed by atoms with Crippen LogP contribution in [-0.4, -0.2) is 11.8 Å². The summed E-state index contributed by atoms with van der Waals surface area (Å²) in [6.07, 6.45) is 0. The van der Waals surface area contributed by atoms with Gasteiger partial charge in [-0.05, 0) is 59.0 Å². The zero-order chi connectivity index (χ0) is 24.4. The molecule has 8 rings (SSSR count). The minimum absolute atomic E-state index is 0.112. The Morgan fingerprint density at radius 3 is 1.89 bits per heavy atom. The molecule has 176 valence electrons. The monoisotopic (exact) mass is 471 g/mol. The molecular formula is C32H25NO3. The summed E-state index contributed by atoms with van der Waals surface area (Å²) in [5, 5.41) is 0. The van der Waals surface area contributed by atoms with E-state index in [1.807, 2.05) is 85.8 Å². The molecule has 1 heterocycles. The lowest BCUT2D eigenvalue weighted by molar-refractivity contribution is -0.128. The van der Waals surface area contributed by atoms with Crippen molar-refractivity contribution in [2.45, 2.75) is 25.4 Å². The minimum atomic E-state index is -0.826. The summed E-state index contributed by atoms with van der Waals surface area (Å²) in [6.45, 7) is 2.46. The summed E-state index contributed by atoms with van der Waals surface area (Å²) in [6, 6.07) is 33.9. The highest BCUT2D eigenvalue weighted by Crippen LogP contribution is 2.67. The van der Waals surface area contributed by atoms with Crippen LogP contribution in [0.25, 0.3) is 0 Å². The van der Waals surface area contributed by atoms with E-state index in [1.54, 1.807) is 0 Å². The number of anilines is 1. The third-order valence-corrected chi connectivity index (χ3v) is 8.36. The van der Waals surface area contributed by atoms with Crippen LogP contribution in [0.5, 0.6) is 5.75 Å². The van der Waals surface area contributed by atoms with Crippen LogP contribution in [0.1, 0.15) is 46.6 Å². The van der Waals surface area contributed by atoms with Gasteiger partial charge in [0.15, 0.2) is 0 Å². The minimum Gasteiger partial charge on any atom is -0.489 e. The zero-order valence-electron chi connectivity index (χ0n) is 19.9. The van der Waals surface area contributed by atoms with E-state index in [-0.39, 0.29) is 23.7 Å². The second-order valence-corrected chi connectivity index (χ2v) is 10.2. The molecule has 4 nitrogen and oxygen atoms in total. The third kappa shape index (κ3) is 2.75. The van der Waals surface area contributed by atoms with Gasteiger partial charge in [0.05, 0.1) is 17.0 Å². The first-order chi connectivity index (χ1) is 17.6. The van der Waals surface area contributed by atoms with E-state index < -0.39 is 11.3 Å². The summed E-state index contributed by atoms with van der Waals surface area (Å²) in [7, 11) is 0. The standard InChI is InChI=1S/C32H25NO3/c1-32-28-25-13-7-5-11-23(25)27(24-12-6-8-14-26(24)28)29(32)30(34)33(31(32)35)21-15-17-22(18-16-21)36-19-20-9-3-2-4-10-20/h2-18,27-29H,19H2,1H3/t27?,28?,29-,32+/m0/s1. The number of rotatable bonds is 4. The fourth-order valence-electron chi connectivity index (χ4n) is 6.79. The maximum atomic E-state index is 14.2. The number of carbonyl (C=O) groups excluding carboxylic acids is 2. The second-order valence-electron chi connectivity index (χ2n) is 10.2. The molecule has 3 aliphatic carbocycles. The second kappa shape index (κ2) is 7.66. The molecule has 2 bridgehead atoms. The number of nitrogens with zero attached hydrogens (tertiary/aromatic N) is 1. The lowest BCUT2D eigenvalue weighted by Gasteiger charge is -2.51. The SMILES string of the molecule is C[C@]12C(=O)N(c3ccc(OCc4ccccc4)cc3)C(=O)[C@@H]1C1c3ccccc3C2c2ccccc21. The number of amides is 2. The van der Waals surface area contributed by atoms with Crippen molar-refractivity contribution in [1.29, 1.82) is 0 Å². The summed E-state index contributed by atoms with van der Waals surface area (Å²) in [5.74, 6) is -0.218. The van der Waals surface area contributed by atoms with E-state index >= 15 is 0 Å². The molecule has 0 unspecified atom stereocenters. The number of hydrogen-bond donors (Lipinski definition) is 0. The van der Waals surface area contributed by atoms with Crippen LogP contribution in [0, 0.1) is 11.3 Å². The fourth-order valence-corrected chi connectivity index (χ4v) is 6.79. The predicted molar refractivity (Wildman–Crippen MR) is 138 cm³/mol. The van der Waals surface area contributed by atoms with Crippen LogP contribution in [0.3, 0.4) is 0 Å². The molecule has 4 aromatic rings. The predicted octanol–water partition coefficient (Wildman–Crippen LogP) is 6.05. The van der Waals surface area contributed by atoms with Crippen molar-refractivity contribution in [3.63, 3.8) is 0 Å². The van der Waals surface area contributed by atoms with Crippen molar-refractivity contribution in [1.82, 2.24) is 0 Å². The number of hydrogen-bond acceptors (Lipinski definition) is 3. The Kier molecular flexibility index (Phi) is 4.50. The summed E-state index contributed by atoms with van der Waals surface area (Å²) >= 11 is 0. The molecule has 4 aliphatic rings. The van der Waals surface area contributed by atoms with Crippen LogP contribution in [0.2, 0.25) is 0 Å². The molecule has 36 heavy (non-hydrogen) atoms. The lowest BCUT2D eigenvalue weighted by atomic mass is 9.48. The molecule has 0 N–H and O–H groups in total. The molecule has 0 saturated carbocycles. The van der Waals surface area contributed by atoms with Crippen molar-refractivity contribution in [3.05, 3.63) is 131 Å². The van der Waals surface area contributed by atoms with E-state index in [4.69, 9.17) is 4.74 Å². The van der Waals surface area contributed by atoms with Crippen molar-refractivity contribution < 1.29 is 14.3 Å². The van der Waals surface area contributed by atoms with Gasteiger partial charge in [-0.15, -0.1) is 0 Å². The van der Waals surface area contributed by atoms with E-state index in [2.05, 4.69) is 24.3 Å². The first-order valence-corrected chi connectivity index (χ1v) is 12.4. The first kappa shape index (κ1) is 21.1. The topological polar surface area (TPSA) is 46.6 Å². The van der Waals surface area contributed by atoms with Crippen LogP contribution in [-0.2, 0) is 16.2 Å². The Balaban J connectivity index is 1.25. The maximum absolute atomic E-state index is 14.2. The molecule has 1 aliphatic heterocycles. The number of benzene rings is 4. The number of ether oxygens (including phenoxy) is 1. The highest BCUT2D eigenvalue weighted by atomic mass is 16.5. The van der Waals surface area contributed by atoms with Crippen LogP contribution in [0.4, 0.5) is 5.69 Å². The fraction of sp³-hybridized carbons (Fsp3) is 0.188. The van der Waals surface area contributed by atoms with E-state index in [9.17, 15) is 9.59 Å². The van der Waals surface area contributed by atoms with Crippen LogP contribution < -0.4 is 9.64 Å². The highest BCUT2D eigenvalue weighted by molar-refractivity contribution is 6.25. The molecule has 0 radical (unpaired) electrons. The average Bonchev–Trinajstić information content (AvgIpc) is 3.13. The first-order valence-electron chi connectivity index (χ1n) is 12.4.